The highest BCUT2D eigenvalue weighted by molar-refractivity contribution is 5.95. The van der Waals surface area contributed by atoms with Crippen molar-refractivity contribution in [3.8, 4) is 0 Å². The van der Waals surface area contributed by atoms with E-state index in [0.717, 1.165) is 38.5 Å². The third-order valence-electron chi connectivity index (χ3n) is 2.63. The Kier molecular flexibility index (Phi) is 10.9. The van der Waals surface area contributed by atoms with E-state index < -0.39 is 11.9 Å². The van der Waals surface area contributed by atoms with Crippen LogP contribution in [0.25, 0.3) is 0 Å². The van der Waals surface area contributed by atoms with E-state index >= 15 is 0 Å². The predicted molar refractivity (Wildman–Crippen MR) is 74.7 cm³/mol. The van der Waals surface area contributed by atoms with Crippen LogP contribution in [-0.4, -0.2) is 25.2 Å². The summed E-state index contributed by atoms with van der Waals surface area (Å²) in [5, 5.41) is 0. The molecule has 0 fully saturated rings. The van der Waals surface area contributed by atoms with Crippen LogP contribution in [0.15, 0.2) is 11.6 Å². The second kappa shape index (κ2) is 11.8. The second-order valence-electron chi connectivity index (χ2n) is 4.54. The molecule has 4 nitrogen and oxygen atoms in total. The van der Waals surface area contributed by atoms with Crippen LogP contribution in [0.4, 0.5) is 0 Å². The monoisotopic (exact) mass is 270 g/mol. The Morgan fingerprint density at radius 3 is 1.95 bits per heavy atom. The molecule has 0 aromatic heterocycles. The van der Waals surface area contributed by atoms with Crippen LogP contribution in [-0.2, 0) is 19.1 Å². The number of carbonyl (C=O) groups is 2. The van der Waals surface area contributed by atoms with Gasteiger partial charge in [0.05, 0.1) is 13.2 Å². The molecule has 0 aliphatic carbocycles. The number of hydrogen-bond donors (Lipinski definition) is 0. The van der Waals surface area contributed by atoms with Crippen LogP contribution >= 0.6 is 0 Å². The summed E-state index contributed by atoms with van der Waals surface area (Å²) in [6.45, 7) is 6.54. The first kappa shape index (κ1) is 17.7. The zero-order valence-corrected chi connectivity index (χ0v) is 12.4. The van der Waals surface area contributed by atoms with Gasteiger partial charge in [0.2, 0.25) is 0 Å². The van der Waals surface area contributed by atoms with Crippen molar-refractivity contribution in [1.82, 2.24) is 0 Å². The molecule has 0 aromatic rings. The van der Waals surface area contributed by atoms with E-state index in [4.69, 9.17) is 9.47 Å². The summed E-state index contributed by atoms with van der Waals surface area (Å²) >= 11 is 0. The Balaban J connectivity index is 3.88. The van der Waals surface area contributed by atoms with Crippen molar-refractivity contribution in [2.24, 2.45) is 0 Å². The number of ether oxygens (including phenoxy) is 2. The average molecular weight is 270 g/mol. The molecule has 0 atom stereocenters. The van der Waals surface area contributed by atoms with Crippen molar-refractivity contribution < 1.29 is 19.1 Å². The van der Waals surface area contributed by atoms with Gasteiger partial charge in [-0.05, 0) is 19.8 Å². The summed E-state index contributed by atoms with van der Waals surface area (Å²) < 4.78 is 10.0. The minimum atomic E-state index is -0.473. The molecule has 0 bridgehead atoms. The Hall–Kier alpha value is -1.32. The van der Waals surface area contributed by atoms with Crippen LogP contribution < -0.4 is 0 Å². The van der Waals surface area contributed by atoms with Crippen LogP contribution in [0.2, 0.25) is 0 Å². The minimum Gasteiger partial charge on any atom is -0.463 e. The SMILES string of the molecule is CCCCCOC(=O)/C=C(/C)C(=O)OCCCCC. The van der Waals surface area contributed by atoms with E-state index in [2.05, 4.69) is 13.8 Å². The van der Waals surface area contributed by atoms with Gasteiger partial charge in [0, 0.05) is 11.6 Å². The fourth-order valence-electron chi connectivity index (χ4n) is 1.43. The minimum absolute atomic E-state index is 0.289. The Labute approximate surface area is 116 Å². The molecule has 0 heterocycles. The molecule has 0 N–H and O–H groups in total. The standard InChI is InChI=1S/C15H26O4/c1-4-6-8-10-18-14(16)12-13(3)15(17)19-11-9-7-5-2/h12H,4-11H2,1-3H3/b13-12-. The zero-order chi connectivity index (χ0) is 14.5. The van der Waals surface area contributed by atoms with E-state index in [1.54, 1.807) is 6.92 Å². The van der Waals surface area contributed by atoms with Crippen molar-refractivity contribution in [2.45, 2.75) is 59.3 Å². The third kappa shape index (κ3) is 10.3. The molecule has 0 saturated carbocycles. The molecule has 0 spiro atoms. The molecule has 0 rings (SSSR count). The third-order valence-corrected chi connectivity index (χ3v) is 2.63. The van der Waals surface area contributed by atoms with E-state index in [1.165, 1.54) is 6.08 Å². The fraction of sp³-hybridized carbons (Fsp3) is 0.733. The molecule has 4 heteroatoms. The summed E-state index contributed by atoms with van der Waals surface area (Å²) in [5.41, 5.74) is 0.289. The van der Waals surface area contributed by atoms with Gasteiger partial charge in [-0.15, -0.1) is 0 Å². The maximum absolute atomic E-state index is 11.5. The lowest BCUT2D eigenvalue weighted by Gasteiger charge is -2.05. The molecule has 0 aromatic carbocycles. The summed E-state index contributed by atoms with van der Waals surface area (Å²) in [4.78, 5) is 22.9. The van der Waals surface area contributed by atoms with Crippen molar-refractivity contribution in [3.63, 3.8) is 0 Å². The van der Waals surface area contributed by atoms with Gasteiger partial charge in [-0.1, -0.05) is 39.5 Å². The number of hydrogen-bond acceptors (Lipinski definition) is 4. The zero-order valence-electron chi connectivity index (χ0n) is 12.4. The normalized spacial score (nSPS) is 11.2. The number of carbonyl (C=O) groups excluding carboxylic acids is 2. The van der Waals surface area contributed by atoms with Crippen LogP contribution in [0.1, 0.15) is 59.3 Å². The van der Waals surface area contributed by atoms with Gasteiger partial charge < -0.3 is 9.47 Å². The summed E-state index contributed by atoms with van der Waals surface area (Å²) in [7, 11) is 0. The van der Waals surface area contributed by atoms with E-state index in [0.29, 0.717) is 13.2 Å². The lowest BCUT2D eigenvalue weighted by atomic mass is 10.2. The quantitative estimate of drug-likeness (QED) is 0.347. The number of esters is 2. The molecular weight excluding hydrogens is 244 g/mol. The maximum Gasteiger partial charge on any atom is 0.333 e. The van der Waals surface area contributed by atoms with Gasteiger partial charge >= 0.3 is 11.9 Å². The largest absolute Gasteiger partial charge is 0.463 e. The van der Waals surface area contributed by atoms with Gasteiger partial charge in [-0.2, -0.15) is 0 Å². The smallest absolute Gasteiger partial charge is 0.333 e. The van der Waals surface area contributed by atoms with Gasteiger partial charge in [0.25, 0.3) is 0 Å². The van der Waals surface area contributed by atoms with Gasteiger partial charge in [-0.3, -0.25) is 0 Å². The van der Waals surface area contributed by atoms with Crippen molar-refractivity contribution in [3.05, 3.63) is 11.6 Å². The molecule has 19 heavy (non-hydrogen) atoms. The highest BCUT2D eigenvalue weighted by Crippen LogP contribution is 2.02. The number of rotatable bonds is 10. The molecule has 0 aliphatic heterocycles. The highest BCUT2D eigenvalue weighted by Gasteiger charge is 2.08. The van der Waals surface area contributed by atoms with Gasteiger partial charge in [0.1, 0.15) is 0 Å². The average Bonchev–Trinajstić information content (AvgIpc) is 2.39. The summed E-state index contributed by atoms with van der Waals surface area (Å²) in [6.07, 6.45) is 7.15. The second-order valence-corrected chi connectivity index (χ2v) is 4.54. The molecule has 0 radical (unpaired) electrons. The number of unbranched alkanes of at least 4 members (excludes halogenated alkanes) is 4. The van der Waals surface area contributed by atoms with E-state index in [-0.39, 0.29) is 5.57 Å². The molecule has 0 unspecified atom stereocenters. The van der Waals surface area contributed by atoms with Crippen molar-refractivity contribution in [1.29, 1.82) is 0 Å². The van der Waals surface area contributed by atoms with Crippen LogP contribution in [0, 0.1) is 0 Å². The summed E-state index contributed by atoms with van der Waals surface area (Å²) in [6, 6.07) is 0. The molecular formula is C15H26O4. The fourth-order valence-corrected chi connectivity index (χ4v) is 1.43. The molecule has 0 saturated heterocycles. The topological polar surface area (TPSA) is 52.6 Å². The van der Waals surface area contributed by atoms with Crippen molar-refractivity contribution >= 4 is 11.9 Å². The molecule has 110 valence electrons. The van der Waals surface area contributed by atoms with Crippen molar-refractivity contribution in [2.75, 3.05) is 13.2 Å². The van der Waals surface area contributed by atoms with Gasteiger partial charge in [0.15, 0.2) is 0 Å². The summed E-state index contributed by atoms with van der Waals surface area (Å²) in [5.74, 6) is -0.916. The lowest BCUT2D eigenvalue weighted by molar-refractivity contribution is -0.141. The Morgan fingerprint density at radius 2 is 1.42 bits per heavy atom. The van der Waals surface area contributed by atoms with E-state index in [1.807, 2.05) is 0 Å². The lowest BCUT2D eigenvalue weighted by Crippen LogP contribution is -2.10. The van der Waals surface area contributed by atoms with Gasteiger partial charge in [-0.25, -0.2) is 9.59 Å². The first-order chi connectivity index (χ1) is 9.11. The van der Waals surface area contributed by atoms with Crippen LogP contribution in [0.3, 0.4) is 0 Å². The first-order valence-corrected chi connectivity index (χ1v) is 7.14. The Bertz CT molecular complexity index is 295. The maximum atomic E-state index is 11.5. The predicted octanol–water partition coefficient (Wildman–Crippen LogP) is 3.40. The molecule has 0 aliphatic rings. The van der Waals surface area contributed by atoms with E-state index in [9.17, 15) is 9.59 Å². The Morgan fingerprint density at radius 1 is 0.895 bits per heavy atom. The van der Waals surface area contributed by atoms with Crippen LogP contribution in [0.5, 0.6) is 0 Å². The highest BCUT2D eigenvalue weighted by atomic mass is 16.5. The molecule has 0 amide bonds. The first-order valence-electron chi connectivity index (χ1n) is 7.14.